The molecule has 19 heavy (non-hydrogen) atoms. The van der Waals surface area contributed by atoms with E-state index in [1.807, 2.05) is 0 Å². The van der Waals surface area contributed by atoms with Crippen molar-refractivity contribution in [2.24, 2.45) is 0 Å². The van der Waals surface area contributed by atoms with Crippen LogP contribution >= 0.6 is 0 Å². The van der Waals surface area contributed by atoms with Crippen LogP contribution in [0.15, 0.2) is 12.3 Å². The summed E-state index contributed by atoms with van der Waals surface area (Å²) in [6.07, 6.45) is -3.69. The van der Waals surface area contributed by atoms with Crippen LogP contribution in [0.1, 0.15) is 10.4 Å². The first-order chi connectivity index (χ1) is 8.61. The SMILES string of the molecule is COc1nccc(N)c1C(=O)O.O=C(O)C(F)(F)F. The molecule has 1 rings (SSSR count). The number of methoxy groups -OCH3 is 1. The number of nitrogens with two attached hydrogens (primary N) is 1. The van der Waals surface area contributed by atoms with E-state index in [1.165, 1.54) is 19.4 Å². The molecule has 0 atom stereocenters. The van der Waals surface area contributed by atoms with E-state index in [9.17, 15) is 18.0 Å². The molecule has 0 radical (unpaired) electrons. The first-order valence-electron chi connectivity index (χ1n) is 4.43. The number of aliphatic carboxylic acids is 1. The summed E-state index contributed by atoms with van der Waals surface area (Å²) in [6, 6.07) is 1.41. The maximum Gasteiger partial charge on any atom is 0.490 e. The van der Waals surface area contributed by atoms with Crippen LogP contribution in [-0.4, -0.2) is 40.4 Å². The molecule has 1 heterocycles. The van der Waals surface area contributed by atoms with Gasteiger partial charge >= 0.3 is 18.1 Å². The number of rotatable bonds is 2. The first-order valence-corrected chi connectivity index (χ1v) is 4.43. The van der Waals surface area contributed by atoms with E-state index in [4.69, 9.17) is 25.5 Å². The molecule has 0 aliphatic carbocycles. The highest BCUT2D eigenvalue weighted by Gasteiger charge is 2.38. The van der Waals surface area contributed by atoms with Gasteiger partial charge in [-0.2, -0.15) is 13.2 Å². The Morgan fingerprint density at radius 3 is 2.11 bits per heavy atom. The molecule has 0 aromatic carbocycles. The molecule has 0 amide bonds. The van der Waals surface area contributed by atoms with Crippen molar-refractivity contribution < 1.29 is 37.7 Å². The largest absolute Gasteiger partial charge is 0.490 e. The molecule has 1 aromatic heterocycles. The summed E-state index contributed by atoms with van der Waals surface area (Å²) in [4.78, 5) is 23.2. The van der Waals surface area contributed by atoms with Crippen molar-refractivity contribution in [3.8, 4) is 5.88 Å². The van der Waals surface area contributed by atoms with Crippen LogP contribution in [0.3, 0.4) is 0 Å². The fraction of sp³-hybridized carbons (Fsp3) is 0.222. The number of nitrogen functional groups attached to an aromatic ring is 1. The van der Waals surface area contributed by atoms with Gasteiger partial charge in [-0.1, -0.05) is 0 Å². The molecule has 106 valence electrons. The van der Waals surface area contributed by atoms with Gasteiger partial charge in [0.25, 0.3) is 0 Å². The predicted molar refractivity (Wildman–Crippen MR) is 55.9 cm³/mol. The summed E-state index contributed by atoms with van der Waals surface area (Å²) in [5, 5.41) is 15.8. The predicted octanol–water partition coefficient (Wildman–Crippen LogP) is 1.00. The standard InChI is InChI=1S/C7H8N2O3.C2HF3O2/c1-12-6-5(7(10)11)4(8)2-3-9-6;3-2(4,5)1(6)7/h2-3H,1H3,(H2,8,9)(H,10,11);(H,6,7). The van der Waals surface area contributed by atoms with Crippen LogP contribution in [0.2, 0.25) is 0 Å². The van der Waals surface area contributed by atoms with E-state index in [0.29, 0.717) is 0 Å². The maximum absolute atomic E-state index is 10.6. The zero-order chi connectivity index (χ0) is 15.2. The average molecular weight is 282 g/mol. The van der Waals surface area contributed by atoms with Crippen molar-refractivity contribution in [3.05, 3.63) is 17.8 Å². The highest BCUT2D eigenvalue weighted by atomic mass is 19.4. The zero-order valence-electron chi connectivity index (χ0n) is 9.43. The molecule has 1 aromatic rings. The van der Waals surface area contributed by atoms with Crippen molar-refractivity contribution in [1.29, 1.82) is 0 Å². The van der Waals surface area contributed by atoms with E-state index in [-0.39, 0.29) is 17.1 Å². The van der Waals surface area contributed by atoms with E-state index < -0.39 is 18.1 Å². The number of aromatic nitrogens is 1. The molecule has 0 fully saturated rings. The lowest BCUT2D eigenvalue weighted by molar-refractivity contribution is -0.192. The van der Waals surface area contributed by atoms with Gasteiger partial charge in [-0.3, -0.25) is 0 Å². The number of hydrogen-bond donors (Lipinski definition) is 3. The minimum atomic E-state index is -5.08. The van der Waals surface area contributed by atoms with E-state index in [2.05, 4.69) is 4.98 Å². The molecule has 4 N–H and O–H groups in total. The summed E-state index contributed by atoms with van der Waals surface area (Å²) in [5.41, 5.74) is 5.45. The maximum atomic E-state index is 10.6. The van der Waals surface area contributed by atoms with Gasteiger partial charge in [-0.25, -0.2) is 14.6 Å². The molecule has 0 aliphatic rings. The number of pyridine rings is 1. The summed E-state index contributed by atoms with van der Waals surface area (Å²) < 4.78 is 36.5. The third kappa shape index (κ3) is 5.10. The third-order valence-electron chi connectivity index (χ3n) is 1.60. The molecule has 7 nitrogen and oxygen atoms in total. The highest BCUT2D eigenvalue weighted by Crippen LogP contribution is 2.20. The number of alkyl halides is 3. The van der Waals surface area contributed by atoms with E-state index >= 15 is 0 Å². The molecule has 0 unspecified atom stereocenters. The molecular weight excluding hydrogens is 273 g/mol. The minimum Gasteiger partial charge on any atom is -0.480 e. The Bertz CT molecular complexity index is 475. The van der Waals surface area contributed by atoms with Crippen molar-refractivity contribution in [3.63, 3.8) is 0 Å². The van der Waals surface area contributed by atoms with Gasteiger partial charge in [-0.05, 0) is 6.07 Å². The Labute approximate surface area is 104 Å². The summed E-state index contributed by atoms with van der Waals surface area (Å²) in [6.45, 7) is 0. The molecule has 0 saturated heterocycles. The van der Waals surface area contributed by atoms with Gasteiger partial charge in [0.2, 0.25) is 5.88 Å². The Morgan fingerprint density at radius 1 is 1.37 bits per heavy atom. The minimum absolute atomic E-state index is 0.0301. The Kier molecular flexibility index (Phi) is 5.57. The van der Waals surface area contributed by atoms with Crippen LogP contribution in [0.4, 0.5) is 18.9 Å². The highest BCUT2D eigenvalue weighted by molar-refractivity contribution is 5.95. The molecule has 0 aliphatic heterocycles. The van der Waals surface area contributed by atoms with Crippen LogP contribution < -0.4 is 10.5 Å². The number of carboxylic acids is 2. The summed E-state index contributed by atoms with van der Waals surface area (Å²) in [7, 11) is 1.34. The van der Waals surface area contributed by atoms with Gasteiger partial charge in [0, 0.05) is 6.20 Å². The van der Waals surface area contributed by atoms with Crippen molar-refractivity contribution >= 4 is 17.6 Å². The van der Waals surface area contributed by atoms with Crippen LogP contribution in [0.5, 0.6) is 5.88 Å². The normalized spacial score (nSPS) is 10.1. The van der Waals surface area contributed by atoms with Gasteiger partial charge < -0.3 is 20.7 Å². The van der Waals surface area contributed by atoms with Gasteiger partial charge in [-0.15, -0.1) is 0 Å². The van der Waals surface area contributed by atoms with Crippen molar-refractivity contribution in [2.75, 3.05) is 12.8 Å². The van der Waals surface area contributed by atoms with Crippen LogP contribution in [0.25, 0.3) is 0 Å². The topological polar surface area (TPSA) is 123 Å². The number of halogens is 3. The second kappa shape index (κ2) is 6.42. The molecule has 10 heteroatoms. The number of aromatic carboxylic acids is 1. The van der Waals surface area contributed by atoms with Gasteiger partial charge in [0.15, 0.2) is 0 Å². The lowest BCUT2D eigenvalue weighted by atomic mass is 10.2. The Hall–Kier alpha value is -2.52. The number of anilines is 1. The fourth-order valence-corrected chi connectivity index (χ4v) is 0.826. The summed E-state index contributed by atoms with van der Waals surface area (Å²) in [5.74, 6) is -3.87. The molecule has 0 bridgehead atoms. The number of carboxylic acid groups (broad SMARTS) is 2. The lowest BCUT2D eigenvalue weighted by Crippen LogP contribution is -2.21. The second-order valence-electron chi connectivity index (χ2n) is 2.89. The lowest BCUT2D eigenvalue weighted by Gasteiger charge is -2.04. The van der Waals surface area contributed by atoms with Gasteiger partial charge in [0.05, 0.1) is 12.8 Å². The van der Waals surface area contributed by atoms with Crippen molar-refractivity contribution in [2.45, 2.75) is 6.18 Å². The van der Waals surface area contributed by atoms with Crippen LogP contribution in [-0.2, 0) is 4.79 Å². The fourth-order valence-electron chi connectivity index (χ4n) is 0.826. The second-order valence-corrected chi connectivity index (χ2v) is 2.89. The monoisotopic (exact) mass is 282 g/mol. The Morgan fingerprint density at radius 2 is 1.84 bits per heavy atom. The first kappa shape index (κ1) is 16.5. The molecule has 0 saturated carbocycles. The third-order valence-corrected chi connectivity index (χ3v) is 1.60. The average Bonchev–Trinajstić information content (AvgIpc) is 2.27. The number of nitrogens with zero attached hydrogens (tertiary/aromatic N) is 1. The summed E-state index contributed by atoms with van der Waals surface area (Å²) >= 11 is 0. The molecular formula is C9H9F3N2O5. The van der Waals surface area contributed by atoms with E-state index in [0.717, 1.165) is 0 Å². The zero-order valence-corrected chi connectivity index (χ0v) is 9.43. The van der Waals surface area contributed by atoms with Crippen molar-refractivity contribution in [1.82, 2.24) is 4.98 Å². The Balaban J connectivity index is 0.000000399. The quantitative estimate of drug-likeness (QED) is 0.739. The number of carbonyl (C=O) groups is 2. The van der Waals surface area contributed by atoms with Crippen LogP contribution in [0, 0.1) is 0 Å². The van der Waals surface area contributed by atoms with E-state index in [1.54, 1.807) is 0 Å². The number of hydrogen-bond acceptors (Lipinski definition) is 5. The van der Waals surface area contributed by atoms with Gasteiger partial charge in [0.1, 0.15) is 5.56 Å². The number of ether oxygens (including phenoxy) is 1. The molecule has 0 spiro atoms. The smallest absolute Gasteiger partial charge is 0.480 e.